The molecule has 98 valence electrons. The van der Waals surface area contributed by atoms with E-state index in [2.05, 4.69) is 0 Å². The highest BCUT2D eigenvalue weighted by Crippen LogP contribution is 2.23. The molecule has 1 N–H and O–H groups in total. The standard InChI is InChI=1S/C13H16FNO3/c1-15-6-7-18-13(9-15,12(16)17)8-10-2-4-11(14)5-3-10/h2-5H,6-9H2,1H3,(H,16,17). The second-order valence-corrected chi connectivity index (χ2v) is 4.69. The summed E-state index contributed by atoms with van der Waals surface area (Å²) >= 11 is 0. The number of likely N-dealkylation sites (N-methyl/N-ethyl adjacent to an activating group) is 1. The highest BCUT2D eigenvalue weighted by atomic mass is 19.1. The molecule has 1 aliphatic heterocycles. The predicted molar refractivity (Wildman–Crippen MR) is 63.9 cm³/mol. The molecule has 1 unspecified atom stereocenters. The molecule has 0 amide bonds. The number of hydrogen-bond acceptors (Lipinski definition) is 3. The number of benzene rings is 1. The van der Waals surface area contributed by atoms with Crippen LogP contribution in [-0.4, -0.2) is 48.3 Å². The van der Waals surface area contributed by atoms with Gasteiger partial charge >= 0.3 is 5.97 Å². The first-order valence-electron chi connectivity index (χ1n) is 5.82. The van der Waals surface area contributed by atoms with Crippen LogP contribution in [0.15, 0.2) is 24.3 Å². The number of morpholine rings is 1. The molecular formula is C13H16FNO3. The van der Waals surface area contributed by atoms with Crippen molar-refractivity contribution < 1.29 is 19.0 Å². The molecule has 1 heterocycles. The molecule has 1 saturated heterocycles. The van der Waals surface area contributed by atoms with E-state index in [1.165, 1.54) is 12.1 Å². The summed E-state index contributed by atoms with van der Waals surface area (Å²) in [5, 5.41) is 9.40. The summed E-state index contributed by atoms with van der Waals surface area (Å²) in [6.45, 7) is 1.45. The molecule has 0 saturated carbocycles. The fourth-order valence-corrected chi connectivity index (χ4v) is 2.20. The number of ether oxygens (including phenoxy) is 1. The van der Waals surface area contributed by atoms with Crippen molar-refractivity contribution in [3.05, 3.63) is 35.6 Å². The van der Waals surface area contributed by atoms with Crippen molar-refractivity contribution in [2.24, 2.45) is 0 Å². The highest BCUT2D eigenvalue weighted by molar-refractivity contribution is 5.78. The third-order valence-electron chi connectivity index (χ3n) is 3.17. The minimum atomic E-state index is -1.23. The Balaban J connectivity index is 2.20. The van der Waals surface area contributed by atoms with E-state index in [-0.39, 0.29) is 12.2 Å². The number of aliphatic carboxylic acids is 1. The van der Waals surface area contributed by atoms with Gasteiger partial charge in [0, 0.05) is 19.5 Å². The number of hydrogen-bond donors (Lipinski definition) is 1. The van der Waals surface area contributed by atoms with Crippen LogP contribution in [0, 0.1) is 5.82 Å². The molecule has 4 nitrogen and oxygen atoms in total. The first-order chi connectivity index (χ1) is 8.52. The van der Waals surface area contributed by atoms with Crippen LogP contribution in [0.1, 0.15) is 5.56 Å². The molecule has 1 fully saturated rings. The van der Waals surface area contributed by atoms with Gasteiger partial charge in [0.05, 0.1) is 6.61 Å². The molecule has 18 heavy (non-hydrogen) atoms. The third-order valence-corrected chi connectivity index (χ3v) is 3.17. The maximum atomic E-state index is 12.8. The number of carboxylic acid groups (broad SMARTS) is 1. The second kappa shape index (κ2) is 5.04. The summed E-state index contributed by atoms with van der Waals surface area (Å²) in [5.74, 6) is -1.30. The van der Waals surface area contributed by atoms with E-state index < -0.39 is 11.6 Å². The number of halogens is 1. The first kappa shape index (κ1) is 13.0. The summed E-state index contributed by atoms with van der Waals surface area (Å²) < 4.78 is 18.3. The van der Waals surface area contributed by atoms with Gasteiger partial charge in [-0.3, -0.25) is 0 Å². The minimum Gasteiger partial charge on any atom is -0.479 e. The van der Waals surface area contributed by atoms with Crippen LogP contribution in [-0.2, 0) is 16.0 Å². The molecule has 0 radical (unpaired) electrons. The van der Waals surface area contributed by atoms with E-state index in [4.69, 9.17) is 4.74 Å². The average molecular weight is 253 g/mol. The molecule has 2 rings (SSSR count). The first-order valence-corrected chi connectivity index (χ1v) is 5.82. The summed E-state index contributed by atoms with van der Waals surface area (Å²) in [4.78, 5) is 13.4. The Bertz CT molecular complexity index is 434. The lowest BCUT2D eigenvalue weighted by molar-refractivity contribution is -0.176. The van der Waals surface area contributed by atoms with Crippen LogP contribution in [0.25, 0.3) is 0 Å². The molecular weight excluding hydrogens is 237 g/mol. The van der Waals surface area contributed by atoms with E-state index in [0.29, 0.717) is 13.2 Å². The summed E-state index contributed by atoms with van der Waals surface area (Å²) in [5.41, 5.74) is -0.473. The highest BCUT2D eigenvalue weighted by Gasteiger charge is 2.43. The molecule has 0 spiro atoms. The zero-order chi connectivity index (χ0) is 13.2. The Hall–Kier alpha value is -1.46. The topological polar surface area (TPSA) is 49.8 Å². The predicted octanol–water partition coefficient (Wildman–Crippen LogP) is 1.15. The van der Waals surface area contributed by atoms with Gasteiger partial charge in [0.1, 0.15) is 5.82 Å². The Morgan fingerprint density at radius 3 is 2.72 bits per heavy atom. The number of rotatable bonds is 3. The molecule has 5 heteroatoms. The van der Waals surface area contributed by atoms with Crippen molar-refractivity contribution in [2.45, 2.75) is 12.0 Å². The Morgan fingerprint density at radius 2 is 2.17 bits per heavy atom. The Labute approximate surface area is 105 Å². The molecule has 1 aromatic carbocycles. The Kier molecular flexibility index (Phi) is 3.63. The number of carboxylic acids is 1. The molecule has 0 bridgehead atoms. The van der Waals surface area contributed by atoms with Crippen molar-refractivity contribution in [3.63, 3.8) is 0 Å². The van der Waals surface area contributed by atoms with Crippen LogP contribution in [0.3, 0.4) is 0 Å². The minimum absolute atomic E-state index is 0.243. The van der Waals surface area contributed by atoms with Gasteiger partial charge < -0.3 is 14.7 Å². The van der Waals surface area contributed by atoms with Gasteiger partial charge in [0.15, 0.2) is 5.60 Å². The van der Waals surface area contributed by atoms with Crippen LogP contribution in [0.5, 0.6) is 0 Å². The van der Waals surface area contributed by atoms with Gasteiger partial charge in [-0.1, -0.05) is 12.1 Å². The van der Waals surface area contributed by atoms with E-state index in [0.717, 1.165) is 12.1 Å². The maximum Gasteiger partial charge on any atom is 0.337 e. The zero-order valence-corrected chi connectivity index (χ0v) is 10.2. The SMILES string of the molecule is CN1CCOC(Cc2ccc(F)cc2)(C(=O)O)C1. The van der Waals surface area contributed by atoms with Gasteiger partial charge in [-0.2, -0.15) is 0 Å². The summed E-state index contributed by atoms with van der Waals surface area (Å²) in [6, 6.07) is 5.85. The van der Waals surface area contributed by atoms with Gasteiger partial charge in [-0.15, -0.1) is 0 Å². The van der Waals surface area contributed by atoms with Crippen molar-refractivity contribution in [1.82, 2.24) is 4.90 Å². The summed E-state index contributed by atoms with van der Waals surface area (Å²) in [7, 11) is 1.87. The quantitative estimate of drug-likeness (QED) is 0.878. The smallest absolute Gasteiger partial charge is 0.337 e. The van der Waals surface area contributed by atoms with Gasteiger partial charge in [0.2, 0.25) is 0 Å². The van der Waals surface area contributed by atoms with E-state index in [1.54, 1.807) is 12.1 Å². The van der Waals surface area contributed by atoms with Gasteiger partial charge in [-0.25, -0.2) is 9.18 Å². The van der Waals surface area contributed by atoms with Crippen LogP contribution in [0.4, 0.5) is 4.39 Å². The van der Waals surface area contributed by atoms with Crippen molar-refractivity contribution in [3.8, 4) is 0 Å². The van der Waals surface area contributed by atoms with Crippen molar-refractivity contribution >= 4 is 5.97 Å². The monoisotopic (exact) mass is 253 g/mol. The Morgan fingerprint density at radius 1 is 1.50 bits per heavy atom. The fraction of sp³-hybridized carbons (Fsp3) is 0.462. The van der Waals surface area contributed by atoms with Crippen LogP contribution >= 0.6 is 0 Å². The summed E-state index contributed by atoms with van der Waals surface area (Å²) in [6.07, 6.45) is 0.243. The van der Waals surface area contributed by atoms with E-state index in [1.807, 2.05) is 11.9 Å². The van der Waals surface area contributed by atoms with Gasteiger partial charge in [-0.05, 0) is 24.7 Å². The second-order valence-electron chi connectivity index (χ2n) is 4.69. The molecule has 0 aromatic heterocycles. The number of nitrogens with zero attached hydrogens (tertiary/aromatic N) is 1. The normalized spacial score (nSPS) is 25.0. The van der Waals surface area contributed by atoms with Crippen molar-refractivity contribution in [2.75, 3.05) is 26.7 Å². The maximum absolute atomic E-state index is 12.8. The zero-order valence-electron chi connectivity index (χ0n) is 10.2. The largest absolute Gasteiger partial charge is 0.479 e. The van der Waals surface area contributed by atoms with Crippen LogP contribution < -0.4 is 0 Å². The molecule has 1 aliphatic rings. The molecule has 0 aliphatic carbocycles. The van der Waals surface area contributed by atoms with E-state index >= 15 is 0 Å². The van der Waals surface area contributed by atoms with Crippen molar-refractivity contribution in [1.29, 1.82) is 0 Å². The molecule has 1 aromatic rings. The van der Waals surface area contributed by atoms with E-state index in [9.17, 15) is 14.3 Å². The third kappa shape index (κ3) is 2.68. The number of carbonyl (C=O) groups is 1. The average Bonchev–Trinajstić information content (AvgIpc) is 2.32. The lowest BCUT2D eigenvalue weighted by Gasteiger charge is -2.38. The fourth-order valence-electron chi connectivity index (χ4n) is 2.20. The van der Waals surface area contributed by atoms with Gasteiger partial charge in [0.25, 0.3) is 0 Å². The lowest BCUT2D eigenvalue weighted by atomic mass is 9.92. The molecule has 1 atom stereocenters. The lowest BCUT2D eigenvalue weighted by Crippen LogP contribution is -2.56. The van der Waals surface area contributed by atoms with Crippen LogP contribution in [0.2, 0.25) is 0 Å².